The summed E-state index contributed by atoms with van der Waals surface area (Å²) < 4.78 is 27.2. The van der Waals surface area contributed by atoms with E-state index in [1.54, 1.807) is 20.8 Å². The third kappa shape index (κ3) is 4.90. The first-order chi connectivity index (χ1) is 11.5. The quantitative estimate of drug-likeness (QED) is 0.874. The second kappa shape index (κ2) is 6.98. The van der Waals surface area contributed by atoms with Gasteiger partial charge in [-0.3, -0.25) is 4.79 Å². The van der Waals surface area contributed by atoms with Gasteiger partial charge in [-0.2, -0.15) is 0 Å². The van der Waals surface area contributed by atoms with Crippen LogP contribution in [0, 0.1) is 13.8 Å². The van der Waals surface area contributed by atoms with E-state index in [0.717, 1.165) is 16.8 Å². The third-order valence-electron chi connectivity index (χ3n) is 3.72. The lowest BCUT2D eigenvalue weighted by molar-refractivity contribution is 0.102. The molecule has 2 aromatic carbocycles. The Morgan fingerprint density at radius 3 is 2.12 bits per heavy atom. The first-order valence-electron chi connectivity index (χ1n) is 8.01. The molecule has 0 bridgehead atoms. The van der Waals surface area contributed by atoms with E-state index >= 15 is 0 Å². The molecule has 25 heavy (non-hydrogen) atoms. The first kappa shape index (κ1) is 19.1. The fraction of sp³-hybridized carbons (Fsp3) is 0.316. The average molecular weight is 360 g/mol. The van der Waals surface area contributed by atoms with Crippen molar-refractivity contribution in [2.75, 3.05) is 5.32 Å². The summed E-state index contributed by atoms with van der Waals surface area (Å²) in [6.45, 7) is 9.25. The molecule has 2 aromatic rings. The van der Waals surface area contributed by atoms with Gasteiger partial charge in [0.1, 0.15) is 0 Å². The van der Waals surface area contributed by atoms with Gasteiger partial charge >= 0.3 is 0 Å². The van der Waals surface area contributed by atoms with Crippen molar-refractivity contribution in [1.29, 1.82) is 0 Å². The van der Waals surface area contributed by atoms with Crippen LogP contribution in [-0.2, 0) is 10.0 Å². The summed E-state index contributed by atoms with van der Waals surface area (Å²) in [6, 6.07) is 11.6. The Bertz CT molecular complexity index is 880. The number of amides is 1. The molecule has 0 aliphatic carbocycles. The molecule has 5 nitrogen and oxygen atoms in total. The van der Waals surface area contributed by atoms with Gasteiger partial charge < -0.3 is 5.32 Å². The Labute approximate surface area is 149 Å². The molecule has 0 unspecified atom stereocenters. The number of rotatable bonds is 4. The van der Waals surface area contributed by atoms with Crippen molar-refractivity contribution in [3.8, 4) is 0 Å². The summed E-state index contributed by atoms with van der Waals surface area (Å²) in [5, 5.41) is 2.86. The molecular weight excluding hydrogens is 336 g/mol. The van der Waals surface area contributed by atoms with Crippen LogP contribution in [0.3, 0.4) is 0 Å². The average Bonchev–Trinajstić information content (AvgIpc) is 2.49. The van der Waals surface area contributed by atoms with Crippen LogP contribution in [0.4, 0.5) is 5.69 Å². The summed E-state index contributed by atoms with van der Waals surface area (Å²) in [5.74, 6) is -0.276. The Kier molecular flexibility index (Phi) is 5.34. The van der Waals surface area contributed by atoms with Gasteiger partial charge in [0, 0.05) is 16.8 Å². The van der Waals surface area contributed by atoms with Crippen LogP contribution in [0.2, 0.25) is 0 Å². The summed E-state index contributed by atoms with van der Waals surface area (Å²) >= 11 is 0. The molecule has 0 aliphatic rings. The molecule has 0 radical (unpaired) electrons. The smallest absolute Gasteiger partial charge is 0.255 e. The topological polar surface area (TPSA) is 75.3 Å². The van der Waals surface area contributed by atoms with E-state index in [2.05, 4.69) is 10.0 Å². The highest BCUT2D eigenvalue weighted by molar-refractivity contribution is 7.89. The number of benzene rings is 2. The fourth-order valence-electron chi connectivity index (χ4n) is 2.33. The second-order valence-corrected chi connectivity index (χ2v) is 8.76. The fourth-order valence-corrected chi connectivity index (χ4v) is 3.75. The predicted molar refractivity (Wildman–Crippen MR) is 100 cm³/mol. The summed E-state index contributed by atoms with van der Waals surface area (Å²) in [4.78, 5) is 12.5. The lowest BCUT2D eigenvalue weighted by Crippen LogP contribution is -2.40. The molecule has 0 saturated heterocycles. The highest BCUT2D eigenvalue weighted by Gasteiger charge is 2.22. The molecule has 1 amide bonds. The van der Waals surface area contributed by atoms with Crippen molar-refractivity contribution in [3.63, 3.8) is 0 Å². The lowest BCUT2D eigenvalue weighted by Gasteiger charge is -2.20. The number of anilines is 1. The molecule has 134 valence electrons. The summed E-state index contributed by atoms with van der Waals surface area (Å²) in [6.07, 6.45) is 0. The Morgan fingerprint density at radius 2 is 1.56 bits per heavy atom. The van der Waals surface area contributed by atoms with Crippen LogP contribution < -0.4 is 10.0 Å². The van der Waals surface area contributed by atoms with E-state index in [9.17, 15) is 13.2 Å². The van der Waals surface area contributed by atoms with Crippen molar-refractivity contribution in [2.45, 2.75) is 45.1 Å². The second-order valence-electron chi connectivity index (χ2n) is 7.08. The predicted octanol–water partition coefficient (Wildman–Crippen LogP) is 3.63. The molecule has 0 spiro atoms. The first-order valence-corrected chi connectivity index (χ1v) is 9.49. The van der Waals surface area contributed by atoms with E-state index in [-0.39, 0.29) is 10.8 Å². The number of nitrogens with one attached hydrogen (secondary N) is 2. The number of hydrogen-bond donors (Lipinski definition) is 2. The van der Waals surface area contributed by atoms with Gasteiger partial charge in [-0.05, 0) is 76.1 Å². The largest absolute Gasteiger partial charge is 0.322 e. The van der Waals surface area contributed by atoms with E-state index in [0.29, 0.717) is 5.56 Å². The molecule has 0 aliphatic heterocycles. The lowest BCUT2D eigenvalue weighted by atomic mass is 10.1. The number of sulfonamides is 1. The maximum absolute atomic E-state index is 12.4. The van der Waals surface area contributed by atoms with Gasteiger partial charge in [0.15, 0.2) is 0 Å². The van der Waals surface area contributed by atoms with Crippen molar-refractivity contribution in [1.82, 2.24) is 4.72 Å². The zero-order valence-electron chi connectivity index (χ0n) is 15.2. The van der Waals surface area contributed by atoms with Gasteiger partial charge in [-0.1, -0.05) is 12.1 Å². The van der Waals surface area contributed by atoms with E-state index in [4.69, 9.17) is 0 Å². The minimum absolute atomic E-state index is 0.130. The molecule has 0 fully saturated rings. The van der Waals surface area contributed by atoms with Crippen LogP contribution in [0.5, 0.6) is 0 Å². The molecule has 0 atom stereocenters. The Hall–Kier alpha value is -2.18. The van der Waals surface area contributed by atoms with Crippen molar-refractivity contribution >= 4 is 21.6 Å². The van der Waals surface area contributed by atoms with Crippen LogP contribution in [0.25, 0.3) is 0 Å². The number of carbonyl (C=O) groups is 1. The van der Waals surface area contributed by atoms with Crippen LogP contribution in [0.15, 0.2) is 47.4 Å². The molecular formula is C19H24N2O3S. The Balaban J connectivity index is 2.19. The highest BCUT2D eigenvalue weighted by Crippen LogP contribution is 2.19. The van der Waals surface area contributed by atoms with Gasteiger partial charge in [0.05, 0.1) is 4.90 Å². The zero-order valence-corrected chi connectivity index (χ0v) is 16.0. The van der Waals surface area contributed by atoms with Crippen molar-refractivity contribution in [2.24, 2.45) is 0 Å². The minimum atomic E-state index is -3.61. The molecule has 2 rings (SSSR count). The zero-order chi connectivity index (χ0) is 18.8. The SMILES string of the molecule is Cc1cccc(NC(=O)c2ccc(S(=O)(=O)NC(C)(C)C)cc2)c1C. The summed E-state index contributed by atoms with van der Waals surface area (Å²) in [7, 11) is -3.61. The molecule has 0 heterocycles. The van der Waals surface area contributed by atoms with E-state index in [1.807, 2.05) is 32.0 Å². The molecule has 6 heteroatoms. The van der Waals surface area contributed by atoms with Gasteiger partial charge in [0.2, 0.25) is 10.0 Å². The normalized spacial score (nSPS) is 12.0. The van der Waals surface area contributed by atoms with E-state index < -0.39 is 15.6 Å². The number of aryl methyl sites for hydroxylation is 1. The third-order valence-corrected chi connectivity index (χ3v) is 5.49. The molecule has 0 aromatic heterocycles. The van der Waals surface area contributed by atoms with E-state index in [1.165, 1.54) is 24.3 Å². The maximum Gasteiger partial charge on any atom is 0.255 e. The standard InChI is InChI=1S/C19H24N2O3S/c1-13-7-6-8-17(14(13)2)20-18(22)15-9-11-16(12-10-15)25(23,24)21-19(3,4)5/h6-12,21H,1-5H3,(H,20,22). The molecule has 2 N–H and O–H groups in total. The Morgan fingerprint density at radius 1 is 0.960 bits per heavy atom. The van der Waals surface area contributed by atoms with Crippen molar-refractivity contribution in [3.05, 3.63) is 59.2 Å². The van der Waals surface area contributed by atoms with Gasteiger partial charge in [0.25, 0.3) is 5.91 Å². The molecule has 0 saturated carbocycles. The summed E-state index contributed by atoms with van der Waals surface area (Å²) in [5.41, 5.74) is 2.67. The number of hydrogen-bond acceptors (Lipinski definition) is 3. The monoisotopic (exact) mass is 360 g/mol. The van der Waals surface area contributed by atoms with Gasteiger partial charge in [-0.15, -0.1) is 0 Å². The maximum atomic E-state index is 12.4. The van der Waals surface area contributed by atoms with Crippen LogP contribution in [0.1, 0.15) is 42.3 Å². The van der Waals surface area contributed by atoms with Crippen LogP contribution in [-0.4, -0.2) is 19.9 Å². The highest BCUT2D eigenvalue weighted by atomic mass is 32.2. The van der Waals surface area contributed by atoms with Crippen LogP contribution >= 0.6 is 0 Å². The number of carbonyl (C=O) groups excluding carboxylic acids is 1. The van der Waals surface area contributed by atoms with Gasteiger partial charge in [-0.25, -0.2) is 13.1 Å². The minimum Gasteiger partial charge on any atom is -0.322 e. The van der Waals surface area contributed by atoms with Crippen molar-refractivity contribution < 1.29 is 13.2 Å².